The summed E-state index contributed by atoms with van der Waals surface area (Å²) in [5.74, 6) is 2.30. The molecule has 0 spiro atoms. The van der Waals surface area contributed by atoms with Gasteiger partial charge in [0.25, 0.3) is 0 Å². The third-order valence-corrected chi connectivity index (χ3v) is 7.00. The summed E-state index contributed by atoms with van der Waals surface area (Å²) >= 11 is 0. The van der Waals surface area contributed by atoms with Gasteiger partial charge < -0.3 is 19.4 Å². The molecule has 6 nitrogen and oxygen atoms in total. The number of fused-ring (bicyclic) bond motifs is 1. The van der Waals surface area contributed by atoms with Crippen LogP contribution in [0.2, 0.25) is 0 Å². The second-order valence-electron chi connectivity index (χ2n) is 8.65. The second-order valence-corrected chi connectivity index (χ2v) is 8.65. The smallest absolute Gasteiger partial charge is 0.232 e. The van der Waals surface area contributed by atoms with E-state index in [2.05, 4.69) is 11.0 Å². The van der Waals surface area contributed by atoms with Crippen molar-refractivity contribution in [2.45, 2.75) is 38.5 Å². The number of carbonyl (C=O) groups is 2. The lowest BCUT2D eigenvalue weighted by molar-refractivity contribution is -0.142. The Labute approximate surface area is 173 Å². The highest BCUT2D eigenvalue weighted by Crippen LogP contribution is 2.36. The zero-order chi connectivity index (χ0) is 20.2. The predicted molar refractivity (Wildman–Crippen MR) is 113 cm³/mol. The van der Waals surface area contributed by atoms with Gasteiger partial charge in [0.2, 0.25) is 11.8 Å². The van der Waals surface area contributed by atoms with Crippen molar-refractivity contribution < 1.29 is 14.3 Å². The number of benzene rings is 1. The molecule has 6 heteroatoms. The Morgan fingerprint density at radius 2 is 1.59 bits per heavy atom. The van der Waals surface area contributed by atoms with Crippen molar-refractivity contribution in [2.24, 2.45) is 11.8 Å². The molecule has 0 aromatic heterocycles. The molecule has 1 aromatic carbocycles. The first-order chi connectivity index (χ1) is 14.2. The monoisotopic (exact) mass is 399 g/mol. The van der Waals surface area contributed by atoms with Crippen LogP contribution < -0.4 is 9.64 Å². The number of likely N-dealkylation sites (tertiary alicyclic amines) is 1. The van der Waals surface area contributed by atoms with Gasteiger partial charge in [-0.15, -0.1) is 0 Å². The fourth-order valence-electron chi connectivity index (χ4n) is 5.27. The second kappa shape index (κ2) is 9.06. The molecule has 3 fully saturated rings. The minimum atomic E-state index is -0.0274. The number of para-hydroxylation sites is 2. The molecule has 2 unspecified atom stereocenters. The topological polar surface area (TPSA) is 53.1 Å². The van der Waals surface area contributed by atoms with Crippen molar-refractivity contribution in [3.05, 3.63) is 24.3 Å². The minimum absolute atomic E-state index is 0.0196. The van der Waals surface area contributed by atoms with Crippen LogP contribution in [0.3, 0.4) is 0 Å². The highest BCUT2D eigenvalue weighted by molar-refractivity contribution is 5.97. The van der Waals surface area contributed by atoms with Gasteiger partial charge in [0.15, 0.2) is 0 Å². The van der Waals surface area contributed by atoms with Crippen LogP contribution in [0.15, 0.2) is 24.3 Å². The van der Waals surface area contributed by atoms with Gasteiger partial charge in [-0.05, 0) is 36.8 Å². The lowest BCUT2D eigenvalue weighted by Gasteiger charge is -2.41. The summed E-state index contributed by atoms with van der Waals surface area (Å²) in [6.45, 7) is 4.50. The Hall–Kier alpha value is -2.24. The Morgan fingerprint density at radius 1 is 0.897 bits per heavy atom. The Bertz CT molecular complexity index is 730. The van der Waals surface area contributed by atoms with Gasteiger partial charge in [0.05, 0.1) is 12.8 Å². The first-order valence-electron chi connectivity index (χ1n) is 11.1. The number of ether oxygens (including phenoxy) is 1. The summed E-state index contributed by atoms with van der Waals surface area (Å²) in [6, 6.07) is 7.98. The molecule has 1 aliphatic carbocycles. The molecule has 0 radical (unpaired) electrons. The molecule has 0 bridgehead atoms. The zero-order valence-electron chi connectivity index (χ0n) is 17.5. The van der Waals surface area contributed by atoms with Gasteiger partial charge in [0.1, 0.15) is 12.2 Å². The van der Waals surface area contributed by atoms with E-state index in [0.29, 0.717) is 19.0 Å². The zero-order valence-corrected chi connectivity index (χ0v) is 17.5. The molecule has 2 atom stereocenters. The molecule has 29 heavy (non-hydrogen) atoms. The average Bonchev–Trinajstić information content (AvgIpc) is 2.78. The van der Waals surface area contributed by atoms with Crippen molar-refractivity contribution in [3.63, 3.8) is 0 Å². The third-order valence-electron chi connectivity index (χ3n) is 7.00. The highest BCUT2D eigenvalue weighted by Gasteiger charge is 2.34. The van der Waals surface area contributed by atoms with Crippen LogP contribution in [0.5, 0.6) is 5.75 Å². The number of methoxy groups -OCH3 is 1. The average molecular weight is 400 g/mol. The summed E-state index contributed by atoms with van der Waals surface area (Å²) < 4.78 is 5.46. The summed E-state index contributed by atoms with van der Waals surface area (Å²) in [7, 11) is 1.68. The number of hydrogen-bond acceptors (Lipinski definition) is 4. The van der Waals surface area contributed by atoms with E-state index < -0.39 is 0 Å². The van der Waals surface area contributed by atoms with Gasteiger partial charge in [-0.25, -0.2) is 0 Å². The van der Waals surface area contributed by atoms with Crippen LogP contribution in [0.4, 0.5) is 5.69 Å². The van der Waals surface area contributed by atoms with Crippen LogP contribution in [0, 0.1) is 11.8 Å². The van der Waals surface area contributed by atoms with E-state index in [1.54, 1.807) is 7.11 Å². The number of amides is 2. The molecule has 1 saturated carbocycles. The summed E-state index contributed by atoms with van der Waals surface area (Å²) in [5, 5.41) is 0. The Balaban J connectivity index is 1.27. The molecule has 0 N–H and O–H groups in total. The maximum Gasteiger partial charge on any atom is 0.232 e. The van der Waals surface area contributed by atoms with E-state index >= 15 is 0 Å². The van der Waals surface area contributed by atoms with Crippen molar-refractivity contribution in [1.82, 2.24) is 9.80 Å². The third kappa shape index (κ3) is 4.51. The Kier molecular flexibility index (Phi) is 6.26. The first-order valence-corrected chi connectivity index (χ1v) is 11.1. The van der Waals surface area contributed by atoms with E-state index in [4.69, 9.17) is 4.74 Å². The number of piperazine rings is 1. The van der Waals surface area contributed by atoms with E-state index in [0.717, 1.165) is 50.0 Å². The molecule has 3 aliphatic rings. The van der Waals surface area contributed by atoms with Crippen molar-refractivity contribution in [2.75, 3.05) is 51.3 Å². The molecule has 4 rings (SSSR count). The number of piperidine rings is 1. The molecule has 2 amide bonds. The normalized spacial score (nSPS) is 24.8. The molecule has 2 saturated heterocycles. The highest BCUT2D eigenvalue weighted by atomic mass is 16.5. The van der Waals surface area contributed by atoms with Crippen LogP contribution in [-0.4, -0.2) is 68.0 Å². The van der Waals surface area contributed by atoms with Gasteiger partial charge in [-0.3, -0.25) is 9.59 Å². The molecule has 2 aliphatic heterocycles. The number of rotatable bonds is 4. The van der Waals surface area contributed by atoms with Gasteiger partial charge >= 0.3 is 0 Å². The van der Waals surface area contributed by atoms with Gasteiger partial charge in [-0.1, -0.05) is 31.4 Å². The lowest BCUT2D eigenvalue weighted by atomic mass is 9.75. The molecule has 158 valence electrons. The number of hydrogen-bond donors (Lipinski definition) is 0. The standard InChI is InChI=1S/C23H33N3O3/c1-29-21-9-5-4-8-20(21)24-12-14-25(15-13-24)22(27)16-23(28)26-11-10-18-6-2-3-7-19(18)17-26/h4-5,8-9,18-19H,2-3,6-7,10-17H2,1H3. The largest absolute Gasteiger partial charge is 0.495 e. The lowest BCUT2D eigenvalue weighted by Crippen LogP contribution is -2.51. The SMILES string of the molecule is COc1ccccc1N1CCN(C(=O)CC(=O)N2CCC3CCCCC3C2)CC1. The van der Waals surface area contributed by atoms with Crippen molar-refractivity contribution in [3.8, 4) is 5.75 Å². The maximum atomic E-state index is 12.7. The van der Waals surface area contributed by atoms with Gasteiger partial charge in [0, 0.05) is 39.3 Å². The molecule has 2 heterocycles. The van der Waals surface area contributed by atoms with E-state index in [9.17, 15) is 9.59 Å². The number of anilines is 1. The number of nitrogens with zero attached hydrogens (tertiary/aromatic N) is 3. The number of carbonyl (C=O) groups excluding carboxylic acids is 2. The fourth-order valence-corrected chi connectivity index (χ4v) is 5.27. The fraction of sp³-hybridized carbons (Fsp3) is 0.652. The molecular formula is C23H33N3O3. The molecular weight excluding hydrogens is 366 g/mol. The van der Waals surface area contributed by atoms with E-state index in [1.807, 2.05) is 28.0 Å². The quantitative estimate of drug-likeness (QED) is 0.731. The van der Waals surface area contributed by atoms with Crippen LogP contribution in [0.1, 0.15) is 38.5 Å². The maximum absolute atomic E-state index is 12.7. The Morgan fingerprint density at radius 3 is 2.34 bits per heavy atom. The van der Waals surface area contributed by atoms with Crippen LogP contribution in [0.25, 0.3) is 0 Å². The summed E-state index contributed by atoms with van der Waals surface area (Å²) in [6.07, 6.45) is 6.33. The van der Waals surface area contributed by atoms with Crippen molar-refractivity contribution >= 4 is 17.5 Å². The summed E-state index contributed by atoms with van der Waals surface area (Å²) in [5.41, 5.74) is 1.06. The first kappa shape index (κ1) is 20.0. The van der Waals surface area contributed by atoms with Crippen molar-refractivity contribution in [1.29, 1.82) is 0 Å². The van der Waals surface area contributed by atoms with Crippen LogP contribution >= 0.6 is 0 Å². The van der Waals surface area contributed by atoms with Gasteiger partial charge in [-0.2, -0.15) is 0 Å². The van der Waals surface area contributed by atoms with E-state index in [-0.39, 0.29) is 18.2 Å². The van der Waals surface area contributed by atoms with E-state index in [1.165, 1.54) is 25.7 Å². The predicted octanol–water partition coefficient (Wildman–Crippen LogP) is 2.77. The molecule has 1 aromatic rings. The minimum Gasteiger partial charge on any atom is -0.495 e. The van der Waals surface area contributed by atoms with Crippen LogP contribution in [-0.2, 0) is 9.59 Å². The summed E-state index contributed by atoms with van der Waals surface area (Å²) in [4.78, 5) is 31.5.